The summed E-state index contributed by atoms with van der Waals surface area (Å²) in [6, 6.07) is 3.89. The van der Waals surface area contributed by atoms with Crippen LogP contribution in [0.3, 0.4) is 0 Å². The minimum atomic E-state index is 0.231. The molecule has 1 aromatic carbocycles. The highest BCUT2D eigenvalue weighted by Gasteiger charge is 2.22. The number of hydrogen-bond acceptors (Lipinski definition) is 5. The molecule has 0 aliphatic carbocycles. The van der Waals surface area contributed by atoms with Crippen molar-refractivity contribution in [3.63, 3.8) is 0 Å². The van der Waals surface area contributed by atoms with Gasteiger partial charge >= 0.3 is 0 Å². The third-order valence-corrected chi connectivity index (χ3v) is 3.27. The molecule has 5 heteroatoms. The Morgan fingerprint density at radius 1 is 1.28 bits per heavy atom. The van der Waals surface area contributed by atoms with Gasteiger partial charge in [0.1, 0.15) is 5.52 Å². The van der Waals surface area contributed by atoms with E-state index >= 15 is 0 Å². The average molecular weight is 248 g/mol. The number of rotatable bonds is 3. The van der Waals surface area contributed by atoms with Crippen LogP contribution in [0.5, 0.6) is 11.5 Å². The van der Waals surface area contributed by atoms with Crippen molar-refractivity contribution in [3.05, 3.63) is 18.0 Å². The number of ether oxygens (including phenoxy) is 2. The molecule has 0 saturated carbocycles. The van der Waals surface area contributed by atoms with E-state index in [1.54, 1.807) is 14.2 Å². The van der Waals surface area contributed by atoms with Gasteiger partial charge in [-0.15, -0.1) is 0 Å². The van der Waals surface area contributed by atoms with Crippen LogP contribution < -0.4 is 14.8 Å². The van der Waals surface area contributed by atoms with Gasteiger partial charge in [-0.25, -0.2) is 4.98 Å². The van der Waals surface area contributed by atoms with Crippen molar-refractivity contribution in [2.45, 2.75) is 18.9 Å². The van der Waals surface area contributed by atoms with Gasteiger partial charge in [0.15, 0.2) is 17.1 Å². The lowest BCUT2D eigenvalue weighted by Gasteiger charge is -2.05. The van der Waals surface area contributed by atoms with Gasteiger partial charge in [-0.3, -0.25) is 0 Å². The molecule has 0 bridgehead atoms. The molecule has 0 amide bonds. The smallest absolute Gasteiger partial charge is 0.212 e. The largest absolute Gasteiger partial charge is 0.493 e. The number of fused-ring (bicyclic) bond motifs is 1. The Bertz CT molecular complexity index is 518. The molecular formula is C13H16N2O3. The number of hydrogen-bond donors (Lipinski definition) is 1. The second-order valence-electron chi connectivity index (χ2n) is 4.38. The van der Waals surface area contributed by atoms with Crippen LogP contribution in [0.4, 0.5) is 0 Å². The van der Waals surface area contributed by atoms with E-state index in [2.05, 4.69) is 10.3 Å². The zero-order chi connectivity index (χ0) is 12.5. The number of nitrogens with one attached hydrogen (secondary N) is 1. The normalized spacial score (nSPS) is 19.3. The van der Waals surface area contributed by atoms with Crippen LogP contribution in [0, 0.1) is 0 Å². The van der Waals surface area contributed by atoms with E-state index in [1.165, 1.54) is 0 Å². The lowest BCUT2D eigenvalue weighted by molar-refractivity contribution is 0.355. The molecular weight excluding hydrogens is 232 g/mol. The summed E-state index contributed by atoms with van der Waals surface area (Å²) in [5.74, 6) is 2.08. The summed E-state index contributed by atoms with van der Waals surface area (Å²) in [5.41, 5.74) is 1.53. The van der Waals surface area contributed by atoms with E-state index < -0.39 is 0 Å². The lowest BCUT2D eigenvalue weighted by Crippen LogP contribution is -2.12. The van der Waals surface area contributed by atoms with Gasteiger partial charge in [-0.05, 0) is 19.4 Å². The van der Waals surface area contributed by atoms with E-state index in [9.17, 15) is 0 Å². The highest BCUT2D eigenvalue weighted by atomic mass is 16.5. The second kappa shape index (κ2) is 4.49. The summed E-state index contributed by atoms with van der Waals surface area (Å²) in [6.07, 6.45) is 2.23. The monoisotopic (exact) mass is 248 g/mol. The fraction of sp³-hybridized carbons (Fsp3) is 0.462. The summed E-state index contributed by atoms with van der Waals surface area (Å²) in [4.78, 5) is 4.51. The first-order valence-electron chi connectivity index (χ1n) is 6.07. The zero-order valence-electron chi connectivity index (χ0n) is 10.5. The van der Waals surface area contributed by atoms with E-state index in [4.69, 9.17) is 13.9 Å². The summed E-state index contributed by atoms with van der Waals surface area (Å²) in [6.45, 7) is 1.02. The molecule has 1 aliphatic rings. The average Bonchev–Trinajstić information content (AvgIpc) is 3.04. The van der Waals surface area contributed by atoms with Gasteiger partial charge in [0.05, 0.1) is 20.3 Å². The predicted molar refractivity (Wildman–Crippen MR) is 67.1 cm³/mol. The fourth-order valence-corrected chi connectivity index (χ4v) is 2.32. The number of oxazole rings is 1. The summed E-state index contributed by atoms with van der Waals surface area (Å²) in [7, 11) is 3.22. The summed E-state index contributed by atoms with van der Waals surface area (Å²) >= 11 is 0. The van der Waals surface area contributed by atoms with Crippen LogP contribution in [0.15, 0.2) is 16.5 Å². The Hall–Kier alpha value is -1.75. The van der Waals surface area contributed by atoms with Crippen LogP contribution in [-0.4, -0.2) is 25.7 Å². The minimum absolute atomic E-state index is 0.231. The Morgan fingerprint density at radius 2 is 2.06 bits per heavy atom. The fourth-order valence-electron chi connectivity index (χ4n) is 2.32. The van der Waals surface area contributed by atoms with E-state index in [1.807, 2.05) is 12.1 Å². The molecule has 2 aromatic rings. The SMILES string of the molecule is COc1cc2nc(C3CCCN3)oc2cc1OC. The molecule has 3 rings (SSSR count). The molecule has 1 saturated heterocycles. The van der Waals surface area contributed by atoms with Crippen molar-refractivity contribution < 1.29 is 13.9 Å². The van der Waals surface area contributed by atoms with Crippen LogP contribution in [-0.2, 0) is 0 Å². The molecule has 1 unspecified atom stereocenters. The molecule has 1 N–H and O–H groups in total. The number of methoxy groups -OCH3 is 2. The van der Waals surface area contributed by atoms with Crippen molar-refractivity contribution in [2.24, 2.45) is 0 Å². The van der Waals surface area contributed by atoms with Gasteiger partial charge in [0, 0.05) is 12.1 Å². The third-order valence-electron chi connectivity index (χ3n) is 3.27. The predicted octanol–water partition coefficient (Wildman–Crippen LogP) is 2.27. The molecule has 5 nitrogen and oxygen atoms in total. The van der Waals surface area contributed by atoms with Gasteiger partial charge < -0.3 is 19.2 Å². The Morgan fingerprint density at radius 3 is 2.72 bits per heavy atom. The number of aromatic nitrogens is 1. The topological polar surface area (TPSA) is 56.5 Å². The Balaban J connectivity index is 2.05. The first-order chi connectivity index (χ1) is 8.81. The van der Waals surface area contributed by atoms with Gasteiger partial charge in [0.2, 0.25) is 5.89 Å². The Labute approximate surface area is 105 Å². The number of nitrogens with zero attached hydrogens (tertiary/aromatic N) is 1. The van der Waals surface area contributed by atoms with Crippen molar-refractivity contribution in [1.82, 2.24) is 10.3 Å². The van der Waals surface area contributed by atoms with Gasteiger partial charge in [-0.2, -0.15) is 0 Å². The molecule has 18 heavy (non-hydrogen) atoms. The standard InChI is InChI=1S/C13H16N2O3/c1-16-11-6-9-10(7-12(11)17-2)18-13(15-9)8-4-3-5-14-8/h6-8,14H,3-5H2,1-2H3. The van der Waals surface area contributed by atoms with Crippen molar-refractivity contribution in [3.8, 4) is 11.5 Å². The van der Waals surface area contributed by atoms with Crippen LogP contribution in [0.25, 0.3) is 11.1 Å². The molecule has 1 aromatic heterocycles. The van der Waals surface area contributed by atoms with Crippen molar-refractivity contribution >= 4 is 11.1 Å². The maximum absolute atomic E-state index is 5.78. The zero-order valence-corrected chi connectivity index (χ0v) is 10.5. The van der Waals surface area contributed by atoms with E-state index in [-0.39, 0.29) is 6.04 Å². The van der Waals surface area contributed by atoms with Gasteiger partial charge in [0.25, 0.3) is 0 Å². The molecule has 1 aliphatic heterocycles. The molecule has 0 radical (unpaired) electrons. The quantitative estimate of drug-likeness (QED) is 0.903. The number of benzene rings is 1. The first kappa shape index (κ1) is 11.3. The Kier molecular flexibility index (Phi) is 2.83. The first-order valence-corrected chi connectivity index (χ1v) is 6.07. The van der Waals surface area contributed by atoms with Crippen molar-refractivity contribution in [1.29, 1.82) is 0 Å². The highest BCUT2D eigenvalue weighted by molar-refractivity contribution is 5.77. The minimum Gasteiger partial charge on any atom is -0.493 e. The van der Waals surface area contributed by atoms with E-state index in [0.29, 0.717) is 11.5 Å². The third kappa shape index (κ3) is 1.80. The molecule has 2 heterocycles. The van der Waals surface area contributed by atoms with E-state index in [0.717, 1.165) is 36.4 Å². The molecule has 0 spiro atoms. The lowest BCUT2D eigenvalue weighted by atomic mass is 10.2. The maximum atomic E-state index is 5.78. The second-order valence-corrected chi connectivity index (χ2v) is 4.38. The van der Waals surface area contributed by atoms with Crippen molar-refractivity contribution in [2.75, 3.05) is 20.8 Å². The maximum Gasteiger partial charge on any atom is 0.212 e. The molecule has 1 fully saturated rings. The van der Waals surface area contributed by atoms with Gasteiger partial charge in [-0.1, -0.05) is 0 Å². The summed E-state index contributed by atoms with van der Waals surface area (Å²) in [5, 5.41) is 3.37. The molecule has 1 atom stereocenters. The van der Waals surface area contributed by atoms with Crippen LogP contribution >= 0.6 is 0 Å². The van der Waals surface area contributed by atoms with Crippen LogP contribution in [0.1, 0.15) is 24.8 Å². The highest BCUT2D eigenvalue weighted by Crippen LogP contribution is 2.34. The van der Waals surface area contributed by atoms with Crippen LogP contribution in [0.2, 0.25) is 0 Å². The summed E-state index contributed by atoms with van der Waals surface area (Å²) < 4.78 is 16.3. The molecule has 96 valence electrons.